The minimum Gasteiger partial charge on any atom is -0.383 e. The fourth-order valence-electron chi connectivity index (χ4n) is 1.19. The summed E-state index contributed by atoms with van der Waals surface area (Å²) >= 11 is 5.67. The molecule has 0 rings (SSSR count). The standard InChI is InChI=1S/C9H20ClNO3S/c1-3-5-15(12,13)6-4-11-9(7-10)8-14-2/h9,11H,3-8H2,1-2H3. The van der Waals surface area contributed by atoms with Crippen LogP contribution in [0.3, 0.4) is 0 Å². The summed E-state index contributed by atoms with van der Waals surface area (Å²) in [4.78, 5) is 0. The first-order valence-electron chi connectivity index (χ1n) is 5.04. The summed E-state index contributed by atoms with van der Waals surface area (Å²) in [6.07, 6.45) is 0.666. The lowest BCUT2D eigenvalue weighted by Crippen LogP contribution is -2.38. The largest absolute Gasteiger partial charge is 0.383 e. The van der Waals surface area contributed by atoms with Gasteiger partial charge in [-0.2, -0.15) is 0 Å². The molecule has 1 N–H and O–H groups in total. The van der Waals surface area contributed by atoms with E-state index in [1.54, 1.807) is 7.11 Å². The molecule has 0 aromatic carbocycles. The highest BCUT2D eigenvalue weighted by Crippen LogP contribution is 1.94. The molecule has 0 heterocycles. The highest BCUT2D eigenvalue weighted by Gasteiger charge is 2.11. The molecule has 6 heteroatoms. The van der Waals surface area contributed by atoms with Gasteiger partial charge in [0.05, 0.1) is 12.4 Å². The predicted molar refractivity (Wildman–Crippen MR) is 63.3 cm³/mol. The van der Waals surface area contributed by atoms with Gasteiger partial charge in [-0.3, -0.25) is 0 Å². The molecule has 4 nitrogen and oxygen atoms in total. The van der Waals surface area contributed by atoms with Crippen LogP contribution >= 0.6 is 11.6 Å². The molecule has 1 atom stereocenters. The Bertz CT molecular complexity index is 244. The lowest BCUT2D eigenvalue weighted by atomic mass is 10.3. The highest BCUT2D eigenvalue weighted by atomic mass is 35.5. The summed E-state index contributed by atoms with van der Waals surface area (Å²) in [6.45, 7) is 2.79. The van der Waals surface area contributed by atoms with Gasteiger partial charge in [-0.05, 0) is 6.42 Å². The number of rotatable bonds is 9. The average Bonchev–Trinajstić information content (AvgIpc) is 2.16. The van der Waals surface area contributed by atoms with Crippen LogP contribution in [-0.2, 0) is 14.6 Å². The lowest BCUT2D eigenvalue weighted by Gasteiger charge is -2.14. The van der Waals surface area contributed by atoms with Crippen molar-refractivity contribution in [3.63, 3.8) is 0 Å². The maximum absolute atomic E-state index is 11.4. The molecule has 0 aliphatic rings. The Morgan fingerprint density at radius 2 is 2.07 bits per heavy atom. The van der Waals surface area contributed by atoms with E-state index in [2.05, 4.69) is 5.32 Å². The van der Waals surface area contributed by atoms with E-state index in [1.807, 2.05) is 6.92 Å². The van der Waals surface area contributed by atoms with Crippen LogP contribution in [-0.4, -0.2) is 52.1 Å². The van der Waals surface area contributed by atoms with Crippen LogP contribution in [0.4, 0.5) is 0 Å². The number of methoxy groups -OCH3 is 1. The third kappa shape index (κ3) is 8.02. The summed E-state index contributed by atoms with van der Waals surface area (Å²) in [5.74, 6) is 0.837. The fraction of sp³-hybridized carbons (Fsp3) is 1.00. The Morgan fingerprint density at radius 3 is 2.53 bits per heavy atom. The maximum Gasteiger partial charge on any atom is 0.151 e. The SMILES string of the molecule is CCCS(=O)(=O)CCNC(CCl)COC. The highest BCUT2D eigenvalue weighted by molar-refractivity contribution is 7.91. The second-order valence-electron chi connectivity index (χ2n) is 3.41. The van der Waals surface area contributed by atoms with E-state index in [0.717, 1.165) is 0 Å². The number of hydrogen-bond donors (Lipinski definition) is 1. The molecule has 0 fully saturated rings. The van der Waals surface area contributed by atoms with Crippen molar-refractivity contribution >= 4 is 21.4 Å². The molecule has 0 saturated carbocycles. The smallest absolute Gasteiger partial charge is 0.151 e. The molecule has 15 heavy (non-hydrogen) atoms. The topological polar surface area (TPSA) is 55.4 Å². The Labute approximate surface area is 97.3 Å². The van der Waals surface area contributed by atoms with Gasteiger partial charge >= 0.3 is 0 Å². The number of hydrogen-bond acceptors (Lipinski definition) is 4. The Balaban J connectivity index is 3.76. The zero-order valence-electron chi connectivity index (χ0n) is 9.33. The monoisotopic (exact) mass is 257 g/mol. The van der Waals surface area contributed by atoms with Gasteiger partial charge in [0.1, 0.15) is 0 Å². The van der Waals surface area contributed by atoms with Crippen molar-refractivity contribution in [2.75, 3.05) is 37.6 Å². The molecule has 92 valence electrons. The van der Waals surface area contributed by atoms with E-state index >= 15 is 0 Å². The minimum atomic E-state index is -2.90. The van der Waals surface area contributed by atoms with Gasteiger partial charge < -0.3 is 10.1 Å². The second kappa shape index (κ2) is 8.33. The predicted octanol–water partition coefficient (Wildman–Crippen LogP) is 0.655. The van der Waals surface area contributed by atoms with E-state index < -0.39 is 9.84 Å². The number of sulfone groups is 1. The Kier molecular flexibility index (Phi) is 8.42. The average molecular weight is 258 g/mol. The Hall–Kier alpha value is 0.160. The van der Waals surface area contributed by atoms with E-state index in [-0.39, 0.29) is 17.5 Å². The molecule has 0 amide bonds. The van der Waals surface area contributed by atoms with Gasteiger partial charge in [-0.1, -0.05) is 6.92 Å². The normalized spacial score (nSPS) is 14.1. The summed E-state index contributed by atoms with van der Waals surface area (Å²) in [5.41, 5.74) is 0. The third-order valence-corrected chi connectivity index (χ3v) is 4.14. The summed E-state index contributed by atoms with van der Waals surface area (Å²) in [5, 5.41) is 3.05. The van der Waals surface area contributed by atoms with E-state index in [4.69, 9.17) is 16.3 Å². The van der Waals surface area contributed by atoms with Gasteiger partial charge in [0.2, 0.25) is 0 Å². The molecule has 1 unspecified atom stereocenters. The van der Waals surface area contributed by atoms with Crippen molar-refractivity contribution in [3.05, 3.63) is 0 Å². The third-order valence-electron chi connectivity index (χ3n) is 1.92. The van der Waals surface area contributed by atoms with Gasteiger partial charge in [0.15, 0.2) is 9.84 Å². The molecule has 0 saturated heterocycles. The molecule has 0 bridgehead atoms. The van der Waals surface area contributed by atoms with Crippen LogP contribution in [0, 0.1) is 0 Å². The van der Waals surface area contributed by atoms with Crippen molar-refractivity contribution < 1.29 is 13.2 Å². The zero-order valence-corrected chi connectivity index (χ0v) is 10.9. The molecular formula is C9H20ClNO3S. The van der Waals surface area contributed by atoms with Crippen LogP contribution in [0.15, 0.2) is 0 Å². The van der Waals surface area contributed by atoms with Crippen molar-refractivity contribution in [3.8, 4) is 0 Å². The zero-order chi connectivity index (χ0) is 11.7. The molecule has 0 aliphatic carbocycles. The van der Waals surface area contributed by atoms with E-state index in [1.165, 1.54) is 0 Å². The van der Waals surface area contributed by atoms with Gasteiger partial charge in [-0.15, -0.1) is 11.6 Å². The molecular weight excluding hydrogens is 238 g/mol. The summed E-state index contributed by atoms with van der Waals surface area (Å²) < 4.78 is 27.6. The van der Waals surface area contributed by atoms with Gasteiger partial charge in [-0.25, -0.2) is 8.42 Å². The van der Waals surface area contributed by atoms with Crippen LogP contribution in [0.1, 0.15) is 13.3 Å². The number of alkyl halides is 1. The van der Waals surface area contributed by atoms with Crippen LogP contribution in [0.25, 0.3) is 0 Å². The van der Waals surface area contributed by atoms with E-state index in [0.29, 0.717) is 25.5 Å². The second-order valence-corrected chi connectivity index (χ2v) is 6.02. The molecule has 0 radical (unpaired) electrons. The first kappa shape index (κ1) is 15.2. The Morgan fingerprint density at radius 1 is 1.40 bits per heavy atom. The summed E-state index contributed by atoms with van der Waals surface area (Å²) in [6, 6.07) is 0.0218. The molecule has 0 aromatic heterocycles. The van der Waals surface area contributed by atoms with Crippen molar-refractivity contribution in [1.29, 1.82) is 0 Å². The van der Waals surface area contributed by atoms with Crippen molar-refractivity contribution in [1.82, 2.24) is 5.32 Å². The van der Waals surface area contributed by atoms with Crippen LogP contribution in [0.2, 0.25) is 0 Å². The minimum absolute atomic E-state index is 0.0218. The quantitative estimate of drug-likeness (QED) is 0.617. The van der Waals surface area contributed by atoms with E-state index in [9.17, 15) is 8.42 Å². The number of nitrogens with one attached hydrogen (secondary N) is 1. The van der Waals surface area contributed by atoms with Gasteiger partial charge in [0.25, 0.3) is 0 Å². The maximum atomic E-state index is 11.4. The fourth-order valence-corrected chi connectivity index (χ4v) is 2.64. The number of halogens is 1. The summed E-state index contributed by atoms with van der Waals surface area (Å²) in [7, 11) is -1.30. The lowest BCUT2D eigenvalue weighted by molar-refractivity contribution is 0.174. The molecule has 0 aliphatic heterocycles. The van der Waals surface area contributed by atoms with Crippen LogP contribution in [0.5, 0.6) is 0 Å². The van der Waals surface area contributed by atoms with Gasteiger partial charge in [0, 0.05) is 31.3 Å². The number of ether oxygens (including phenoxy) is 1. The molecule has 0 spiro atoms. The van der Waals surface area contributed by atoms with Crippen molar-refractivity contribution in [2.24, 2.45) is 0 Å². The van der Waals surface area contributed by atoms with Crippen molar-refractivity contribution in [2.45, 2.75) is 19.4 Å². The van der Waals surface area contributed by atoms with Crippen LogP contribution < -0.4 is 5.32 Å². The molecule has 0 aromatic rings. The first-order valence-corrected chi connectivity index (χ1v) is 7.40. The first-order chi connectivity index (χ1) is 7.05.